The number of nitrogens with two attached hydrogens (primary N) is 2. The summed E-state index contributed by atoms with van der Waals surface area (Å²) < 4.78 is 14.3. The summed E-state index contributed by atoms with van der Waals surface area (Å²) in [4.78, 5) is 3.82. The minimum atomic E-state index is -0.328. The number of halogens is 1. The summed E-state index contributed by atoms with van der Waals surface area (Å²) in [6.07, 6.45) is 7.21. The van der Waals surface area contributed by atoms with Gasteiger partial charge in [0.25, 0.3) is 0 Å². The maximum atomic E-state index is 14.3. The first-order chi connectivity index (χ1) is 10.3. The molecule has 0 atom stereocenters. The number of allylic oxidation sites excluding steroid dienone is 3. The molecule has 0 saturated heterocycles. The molecule has 4 N–H and O–H groups in total. The molecule has 0 spiro atoms. The smallest absolute Gasteiger partial charge is 0.149 e. The molecule has 120 valence electrons. The number of hydrogen-bond donors (Lipinski definition) is 2. The lowest BCUT2D eigenvalue weighted by molar-refractivity contribution is 0.329. The van der Waals surface area contributed by atoms with E-state index in [9.17, 15) is 4.39 Å². The molecular formula is C18H26FN3. The molecule has 1 aliphatic rings. The third kappa shape index (κ3) is 3.95. The van der Waals surface area contributed by atoms with Crippen LogP contribution in [-0.4, -0.2) is 11.5 Å². The van der Waals surface area contributed by atoms with Crippen molar-refractivity contribution in [3.8, 4) is 0 Å². The van der Waals surface area contributed by atoms with E-state index in [2.05, 4.69) is 31.8 Å². The first-order valence-electron chi connectivity index (χ1n) is 7.83. The molecule has 3 nitrogen and oxygen atoms in total. The lowest BCUT2D eigenvalue weighted by Gasteiger charge is -2.29. The van der Waals surface area contributed by atoms with Crippen LogP contribution in [0.25, 0.3) is 5.57 Å². The van der Waals surface area contributed by atoms with E-state index in [-0.39, 0.29) is 11.2 Å². The Balaban J connectivity index is 2.57. The van der Waals surface area contributed by atoms with Crippen molar-refractivity contribution in [2.24, 2.45) is 11.1 Å². The van der Waals surface area contributed by atoms with Crippen LogP contribution >= 0.6 is 0 Å². The van der Waals surface area contributed by atoms with Crippen LogP contribution < -0.4 is 11.5 Å². The lowest BCUT2D eigenvalue weighted by atomic mass is 9.76. The Hall–Kier alpha value is -1.68. The van der Waals surface area contributed by atoms with Gasteiger partial charge < -0.3 is 11.5 Å². The first-order valence-corrected chi connectivity index (χ1v) is 7.83. The van der Waals surface area contributed by atoms with E-state index in [1.165, 1.54) is 17.3 Å². The molecular weight excluding hydrogens is 277 g/mol. The predicted molar refractivity (Wildman–Crippen MR) is 90.6 cm³/mol. The monoisotopic (exact) mass is 303 g/mol. The van der Waals surface area contributed by atoms with Crippen LogP contribution in [-0.2, 0) is 0 Å². The van der Waals surface area contributed by atoms with Crippen LogP contribution in [0.15, 0.2) is 29.5 Å². The molecule has 0 aromatic carbocycles. The quantitative estimate of drug-likeness (QED) is 0.885. The van der Waals surface area contributed by atoms with Gasteiger partial charge in [-0.05, 0) is 56.2 Å². The van der Waals surface area contributed by atoms with Crippen LogP contribution in [0.3, 0.4) is 0 Å². The predicted octanol–water partition coefficient (Wildman–Crippen LogP) is 4.06. The van der Waals surface area contributed by atoms with Gasteiger partial charge in [0.1, 0.15) is 11.6 Å². The second-order valence-electron chi connectivity index (χ2n) is 6.97. The highest BCUT2D eigenvalue weighted by Crippen LogP contribution is 2.39. The second-order valence-corrected chi connectivity index (χ2v) is 6.97. The average Bonchev–Trinajstić information content (AvgIpc) is 2.43. The van der Waals surface area contributed by atoms with Gasteiger partial charge in [-0.2, -0.15) is 0 Å². The number of nitrogens with zero attached hydrogens (tertiary/aromatic N) is 1. The second kappa shape index (κ2) is 6.61. The van der Waals surface area contributed by atoms with Crippen molar-refractivity contribution in [1.29, 1.82) is 0 Å². The van der Waals surface area contributed by atoms with Crippen molar-refractivity contribution in [1.82, 2.24) is 4.98 Å². The summed E-state index contributed by atoms with van der Waals surface area (Å²) in [5.74, 6) is 0.0112. The number of pyridine rings is 1. The van der Waals surface area contributed by atoms with E-state index in [1.54, 1.807) is 6.07 Å². The molecule has 1 aliphatic carbocycles. The van der Waals surface area contributed by atoms with Crippen LogP contribution in [0.2, 0.25) is 0 Å². The van der Waals surface area contributed by atoms with Crippen molar-refractivity contribution in [2.75, 3.05) is 12.3 Å². The molecule has 0 amide bonds. The van der Waals surface area contributed by atoms with Crippen LogP contribution in [0, 0.1) is 11.2 Å². The Morgan fingerprint density at radius 3 is 2.77 bits per heavy atom. The normalized spacial score (nSPS) is 24.3. The van der Waals surface area contributed by atoms with Gasteiger partial charge in [0.15, 0.2) is 0 Å². The number of aromatic nitrogens is 1. The van der Waals surface area contributed by atoms with E-state index in [4.69, 9.17) is 11.5 Å². The zero-order valence-corrected chi connectivity index (χ0v) is 13.7. The molecule has 1 aromatic heterocycles. The lowest BCUT2D eigenvalue weighted by Crippen LogP contribution is -2.15. The third-order valence-corrected chi connectivity index (χ3v) is 4.31. The SMILES string of the molecule is C/C1=C(c2cc(N)ncc2F)\C=C(\CCN)CCC(C)(C)C1. The minimum absolute atomic E-state index is 0.193. The fourth-order valence-corrected chi connectivity index (χ4v) is 3.15. The molecule has 2 rings (SSSR count). The molecule has 4 heteroatoms. The maximum Gasteiger partial charge on any atom is 0.149 e. The van der Waals surface area contributed by atoms with Gasteiger partial charge in [-0.25, -0.2) is 9.37 Å². The Labute approximate surface area is 132 Å². The Kier molecular flexibility index (Phi) is 5.01. The zero-order valence-electron chi connectivity index (χ0n) is 13.7. The number of rotatable bonds is 3. The van der Waals surface area contributed by atoms with Crippen molar-refractivity contribution < 1.29 is 4.39 Å². The number of hydrogen-bond acceptors (Lipinski definition) is 3. The van der Waals surface area contributed by atoms with E-state index in [0.29, 0.717) is 17.9 Å². The molecule has 0 aliphatic heterocycles. The van der Waals surface area contributed by atoms with Crippen LogP contribution in [0.1, 0.15) is 52.0 Å². The first kappa shape index (κ1) is 16.7. The van der Waals surface area contributed by atoms with Gasteiger partial charge in [0, 0.05) is 5.56 Å². The summed E-state index contributed by atoms with van der Waals surface area (Å²) in [6, 6.07) is 1.62. The van der Waals surface area contributed by atoms with Crippen molar-refractivity contribution >= 4 is 11.4 Å². The summed E-state index contributed by atoms with van der Waals surface area (Å²) in [5, 5.41) is 0. The summed E-state index contributed by atoms with van der Waals surface area (Å²) in [7, 11) is 0. The molecule has 0 bridgehead atoms. The highest BCUT2D eigenvalue weighted by atomic mass is 19.1. The third-order valence-electron chi connectivity index (χ3n) is 4.31. The maximum absolute atomic E-state index is 14.3. The summed E-state index contributed by atoms with van der Waals surface area (Å²) >= 11 is 0. The molecule has 0 radical (unpaired) electrons. The van der Waals surface area contributed by atoms with Gasteiger partial charge in [-0.15, -0.1) is 0 Å². The number of nitrogen functional groups attached to an aromatic ring is 1. The molecule has 0 saturated carbocycles. The standard InChI is InChI=1S/C18H26FN3/c1-12-10-18(2,3)6-4-13(5-7-20)8-14(12)15-9-17(21)22-11-16(15)19/h8-9,11H,4-7,10,20H2,1-3H3,(H2,21,22)/b13-8+,14-12-. The molecule has 0 fully saturated rings. The fourth-order valence-electron chi connectivity index (χ4n) is 3.15. The van der Waals surface area contributed by atoms with Gasteiger partial charge in [0.2, 0.25) is 0 Å². The highest BCUT2D eigenvalue weighted by molar-refractivity contribution is 5.78. The Morgan fingerprint density at radius 2 is 2.09 bits per heavy atom. The largest absolute Gasteiger partial charge is 0.384 e. The molecule has 1 aromatic rings. The topological polar surface area (TPSA) is 64.9 Å². The van der Waals surface area contributed by atoms with Crippen LogP contribution in [0.4, 0.5) is 10.2 Å². The highest BCUT2D eigenvalue weighted by Gasteiger charge is 2.23. The Bertz CT molecular complexity index is 615. The van der Waals surface area contributed by atoms with E-state index in [1.807, 2.05) is 0 Å². The van der Waals surface area contributed by atoms with Crippen molar-refractivity contribution in [3.63, 3.8) is 0 Å². The van der Waals surface area contributed by atoms with E-state index < -0.39 is 0 Å². The van der Waals surface area contributed by atoms with Gasteiger partial charge in [-0.3, -0.25) is 0 Å². The van der Waals surface area contributed by atoms with Gasteiger partial charge >= 0.3 is 0 Å². The van der Waals surface area contributed by atoms with Gasteiger partial charge in [-0.1, -0.05) is 31.1 Å². The fraction of sp³-hybridized carbons (Fsp3) is 0.500. The van der Waals surface area contributed by atoms with Crippen molar-refractivity contribution in [3.05, 3.63) is 40.9 Å². The zero-order chi connectivity index (χ0) is 16.3. The number of anilines is 1. The molecule has 22 heavy (non-hydrogen) atoms. The van der Waals surface area contributed by atoms with Crippen molar-refractivity contribution in [2.45, 2.75) is 46.5 Å². The van der Waals surface area contributed by atoms with E-state index in [0.717, 1.165) is 31.3 Å². The summed E-state index contributed by atoms with van der Waals surface area (Å²) in [5.41, 5.74) is 15.6. The molecule has 1 heterocycles. The Morgan fingerprint density at radius 1 is 1.36 bits per heavy atom. The minimum Gasteiger partial charge on any atom is -0.384 e. The summed E-state index contributed by atoms with van der Waals surface area (Å²) in [6.45, 7) is 7.21. The average molecular weight is 303 g/mol. The van der Waals surface area contributed by atoms with Gasteiger partial charge in [0.05, 0.1) is 6.20 Å². The van der Waals surface area contributed by atoms with E-state index >= 15 is 0 Å². The van der Waals surface area contributed by atoms with Crippen LogP contribution in [0.5, 0.6) is 0 Å². The molecule has 0 unspecified atom stereocenters.